The number of methoxy groups -OCH3 is 1. The summed E-state index contributed by atoms with van der Waals surface area (Å²) in [6.45, 7) is 10.5. The van der Waals surface area contributed by atoms with Crippen LogP contribution in [-0.2, 0) is 22.5 Å². The second-order valence-electron chi connectivity index (χ2n) is 12.9. The summed E-state index contributed by atoms with van der Waals surface area (Å²) in [5.41, 5.74) is 9.03. The molecule has 0 saturated heterocycles. The number of carbonyl (C=O) groups excluding carboxylic acids is 4. The number of aromatic nitrogens is 2. The summed E-state index contributed by atoms with van der Waals surface area (Å²) in [7, 11) is 1.35. The molecule has 2 atom stereocenters. The first-order valence-corrected chi connectivity index (χ1v) is 15.8. The van der Waals surface area contributed by atoms with E-state index in [9.17, 15) is 24.3 Å². The molecule has 4 N–H and O–H groups in total. The zero-order valence-electron chi connectivity index (χ0n) is 29.7. The van der Waals surface area contributed by atoms with Crippen LogP contribution in [0.3, 0.4) is 0 Å². The van der Waals surface area contributed by atoms with E-state index in [2.05, 4.69) is 10.3 Å². The fourth-order valence-electron chi connectivity index (χ4n) is 5.58. The van der Waals surface area contributed by atoms with E-state index in [0.717, 1.165) is 11.1 Å². The largest absolute Gasteiger partial charge is 1.00 e. The van der Waals surface area contributed by atoms with Crippen molar-refractivity contribution in [1.29, 1.82) is 0 Å². The molecule has 1 unspecified atom stereocenters. The quantitative estimate of drug-likeness (QED) is 0.189. The van der Waals surface area contributed by atoms with Crippen molar-refractivity contribution < 1.29 is 52.6 Å². The third-order valence-corrected chi connectivity index (χ3v) is 8.03. The Hall–Kier alpha value is -5.05. The fourth-order valence-corrected chi connectivity index (χ4v) is 5.58. The van der Waals surface area contributed by atoms with Gasteiger partial charge in [-0.2, -0.15) is 0 Å². The summed E-state index contributed by atoms with van der Waals surface area (Å²) in [5.74, 6) is -1.92. The number of aromatic carboxylic acids is 1. The molecule has 1 heterocycles. The number of nitrogens with two attached hydrogens (primary N) is 1. The Morgan fingerprint density at radius 1 is 1.02 bits per heavy atom. The van der Waals surface area contributed by atoms with Crippen LogP contribution in [0.1, 0.15) is 82.5 Å². The number of carboxylic acids is 1. The summed E-state index contributed by atoms with van der Waals surface area (Å²) in [6.07, 6.45) is 1.00. The standard InChI is InChI=1S/C37H43N5O7.Li/c1-21-15-26(32(38)43)16-22(2)27(21)18-29(41-36(47)49-37(4,5)6)34(44)42(20-24-13-14-31(48-7)28(17-24)35(45)46)23(3)33-39-19-30(40-33)25-11-9-8-10-12-25;/h8-17,19,23,29H,18,20H2,1-7H3,(H2,38,43)(H,39,40)(H,41,47)(H,45,46);/q;+1/p-1/t23-,29?;/m0./s1. The van der Waals surface area contributed by atoms with Crippen LogP contribution in [-0.4, -0.2) is 57.5 Å². The number of hydrogen-bond acceptors (Lipinski definition) is 8. The fraction of sp³-hybridized carbons (Fsp3) is 0.324. The van der Waals surface area contributed by atoms with E-state index in [0.29, 0.717) is 33.8 Å². The average molecular weight is 676 g/mol. The van der Waals surface area contributed by atoms with Crippen molar-refractivity contribution in [3.63, 3.8) is 0 Å². The molecule has 1 aromatic heterocycles. The number of imidazole rings is 1. The van der Waals surface area contributed by atoms with Crippen LogP contribution in [0.4, 0.5) is 4.79 Å². The second-order valence-corrected chi connectivity index (χ2v) is 12.9. The van der Waals surface area contributed by atoms with E-state index in [-0.39, 0.29) is 43.1 Å². The van der Waals surface area contributed by atoms with Gasteiger partial charge in [-0.15, -0.1) is 0 Å². The summed E-state index contributed by atoms with van der Waals surface area (Å²) in [6, 6.07) is 15.5. The molecule has 4 rings (SSSR count). The van der Waals surface area contributed by atoms with Gasteiger partial charge in [0.15, 0.2) is 0 Å². The molecule has 0 fully saturated rings. The first-order valence-electron chi connectivity index (χ1n) is 15.8. The van der Waals surface area contributed by atoms with E-state index in [4.69, 9.17) is 20.2 Å². The molecule has 0 radical (unpaired) electrons. The number of ether oxygens (including phenoxy) is 2. The maximum Gasteiger partial charge on any atom is 1.00 e. The van der Waals surface area contributed by atoms with Gasteiger partial charge in [0.05, 0.1) is 24.8 Å². The predicted octanol–water partition coefficient (Wildman–Crippen LogP) is 1.39. The number of rotatable bonds is 12. The molecular formula is C37H42LiN5O7. The molecule has 0 aliphatic carbocycles. The van der Waals surface area contributed by atoms with E-state index in [1.54, 1.807) is 65.9 Å². The maximum atomic E-state index is 14.8. The van der Waals surface area contributed by atoms with Gasteiger partial charge in [0.25, 0.3) is 0 Å². The number of benzene rings is 3. The Morgan fingerprint density at radius 3 is 2.22 bits per heavy atom. The molecule has 0 spiro atoms. The Morgan fingerprint density at radius 2 is 1.66 bits per heavy atom. The number of carboxylic acid groups (broad SMARTS) is 1. The first kappa shape index (κ1) is 39.4. The summed E-state index contributed by atoms with van der Waals surface area (Å²) < 4.78 is 10.7. The van der Waals surface area contributed by atoms with Crippen LogP contribution in [0.15, 0.2) is 66.9 Å². The number of primary amides is 1. The van der Waals surface area contributed by atoms with Crippen molar-refractivity contribution in [1.82, 2.24) is 20.2 Å². The minimum absolute atomic E-state index is 0. The normalized spacial score (nSPS) is 12.2. The third kappa shape index (κ3) is 9.77. The van der Waals surface area contributed by atoms with Gasteiger partial charge in [-0.05, 0) is 88.1 Å². The number of alkyl carbamates (subject to hydrolysis) is 1. The van der Waals surface area contributed by atoms with Crippen LogP contribution in [0.2, 0.25) is 0 Å². The number of aryl methyl sites for hydroxylation is 2. The zero-order valence-corrected chi connectivity index (χ0v) is 29.7. The molecule has 4 aromatic rings. The number of amides is 3. The maximum absolute atomic E-state index is 14.8. The van der Waals surface area contributed by atoms with Gasteiger partial charge >= 0.3 is 25.0 Å². The van der Waals surface area contributed by atoms with Gasteiger partial charge in [-0.1, -0.05) is 36.4 Å². The van der Waals surface area contributed by atoms with Crippen molar-refractivity contribution >= 4 is 23.9 Å². The van der Waals surface area contributed by atoms with E-state index < -0.39 is 41.6 Å². The number of aromatic amines is 1. The summed E-state index contributed by atoms with van der Waals surface area (Å²) in [5, 5.41) is 14.7. The topological polar surface area (TPSA) is 180 Å². The molecule has 0 bridgehead atoms. The molecule has 12 nitrogen and oxygen atoms in total. The van der Waals surface area contributed by atoms with Gasteiger partial charge < -0.3 is 40.3 Å². The van der Waals surface area contributed by atoms with Crippen molar-refractivity contribution in [3.8, 4) is 17.0 Å². The number of hydrogen-bond donors (Lipinski definition) is 3. The summed E-state index contributed by atoms with van der Waals surface area (Å²) >= 11 is 0. The smallest absolute Gasteiger partial charge is 0.545 e. The van der Waals surface area contributed by atoms with Crippen LogP contribution in [0.25, 0.3) is 11.3 Å². The van der Waals surface area contributed by atoms with E-state index in [1.165, 1.54) is 24.1 Å². The van der Waals surface area contributed by atoms with Gasteiger partial charge in [-0.25, -0.2) is 9.78 Å². The number of nitrogens with one attached hydrogen (secondary N) is 2. The first-order chi connectivity index (χ1) is 23.1. The van der Waals surface area contributed by atoms with Gasteiger partial charge in [0.1, 0.15) is 23.2 Å². The predicted molar refractivity (Wildman–Crippen MR) is 182 cm³/mol. The van der Waals surface area contributed by atoms with Gasteiger partial charge in [0, 0.05) is 35.9 Å². The molecule has 0 aliphatic heterocycles. The van der Waals surface area contributed by atoms with E-state index >= 15 is 0 Å². The van der Waals surface area contributed by atoms with Crippen LogP contribution < -0.4 is 39.8 Å². The Kier molecular flexibility index (Phi) is 13.1. The van der Waals surface area contributed by atoms with Crippen LogP contribution >= 0.6 is 0 Å². The Bertz CT molecular complexity index is 1830. The SMILES string of the molecule is COc1ccc(CN(C(=O)C(Cc2c(C)cc(C(N)=O)cc2C)NC(=O)OC(C)(C)C)[C@@H](C)c2nc(-c3ccccc3)c[nH]2)cc1C(=O)[O-].[Li+]. The molecule has 3 aromatic carbocycles. The minimum Gasteiger partial charge on any atom is -0.545 e. The average Bonchev–Trinajstić information content (AvgIpc) is 3.54. The van der Waals surface area contributed by atoms with Gasteiger partial charge in [0.2, 0.25) is 11.8 Å². The van der Waals surface area contributed by atoms with Crippen molar-refractivity contribution in [2.45, 2.75) is 72.2 Å². The summed E-state index contributed by atoms with van der Waals surface area (Å²) in [4.78, 5) is 61.3. The molecule has 3 amide bonds. The minimum atomic E-state index is -1.43. The van der Waals surface area contributed by atoms with Crippen LogP contribution in [0.5, 0.6) is 5.75 Å². The Balaban J connectivity index is 0.00000676. The molecule has 0 saturated carbocycles. The molecule has 258 valence electrons. The number of carbonyl (C=O) groups is 4. The van der Waals surface area contributed by atoms with Crippen molar-refractivity contribution in [2.24, 2.45) is 5.73 Å². The van der Waals surface area contributed by atoms with Crippen LogP contribution in [0, 0.1) is 13.8 Å². The molecule has 13 heteroatoms. The number of nitrogens with zero attached hydrogens (tertiary/aromatic N) is 2. The zero-order chi connectivity index (χ0) is 36.0. The van der Waals surface area contributed by atoms with Gasteiger partial charge in [-0.3, -0.25) is 9.59 Å². The molecule has 0 aliphatic rings. The van der Waals surface area contributed by atoms with E-state index in [1.807, 2.05) is 30.3 Å². The molecular weight excluding hydrogens is 633 g/mol. The third-order valence-electron chi connectivity index (χ3n) is 8.03. The second kappa shape index (κ2) is 16.6. The van der Waals surface area contributed by atoms with Crippen molar-refractivity contribution in [2.75, 3.05) is 7.11 Å². The van der Waals surface area contributed by atoms with Crippen molar-refractivity contribution in [3.05, 3.63) is 106 Å². The Labute approximate surface area is 303 Å². The molecule has 50 heavy (non-hydrogen) atoms. The monoisotopic (exact) mass is 675 g/mol. The number of H-pyrrole nitrogens is 1.